The lowest BCUT2D eigenvalue weighted by molar-refractivity contribution is -0.149. The zero-order valence-corrected chi connectivity index (χ0v) is 9.87. The van der Waals surface area contributed by atoms with Gasteiger partial charge in [0.1, 0.15) is 0 Å². The molecule has 0 bridgehead atoms. The van der Waals surface area contributed by atoms with Gasteiger partial charge in [-0.3, -0.25) is 0 Å². The van der Waals surface area contributed by atoms with E-state index in [0.29, 0.717) is 5.92 Å². The summed E-state index contributed by atoms with van der Waals surface area (Å²) in [6.45, 7) is 2.95. The van der Waals surface area contributed by atoms with E-state index in [1.807, 2.05) is 0 Å². The Labute approximate surface area is 92.3 Å². The van der Waals surface area contributed by atoms with Gasteiger partial charge in [0, 0.05) is 19.8 Å². The van der Waals surface area contributed by atoms with Crippen LogP contribution in [0.2, 0.25) is 0 Å². The Bertz CT molecular complexity index is 216. The predicted octanol–water partition coefficient (Wildman–Crippen LogP) is 1.70. The lowest BCUT2D eigenvalue weighted by atomic mass is 9.70. The van der Waals surface area contributed by atoms with Crippen molar-refractivity contribution in [1.29, 1.82) is 0 Å². The van der Waals surface area contributed by atoms with Crippen molar-refractivity contribution in [2.45, 2.75) is 56.8 Å². The van der Waals surface area contributed by atoms with Crippen molar-refractivity contribution in [1.82, 2.24) is 0 Å². The maximum Gasteiger partial charge on any atom is 0.0696 e. The van der Waals surface area contributed by atoms with Crippen molar-refractivity contribution in [2.75, 3.05) is 13.7 Å². The minimum atomic E-state index is 0.158. The zero-order chi connectivity index (χ0) is 10.9. The molecule has 1 saturated carbocycles. The Morgan fingerprint density at radius 2 is 2.20 bits per heavy atom. The lowest BCUT2D eigenvalue weighted by Gasteiger charge is -2.48. The van der Waals surface area contributed by atoms with E-state index in [0.717, 1.165) is 19.4 Å². The maximum absolute atomic E-state index is 6.22. The smallest absolute Gasteiger partial charge is 0.0696 e. The third-order valence-electron chi connectivity index (χ3n) is 4.25. The summed E-state index contributed by atoms with van der Waals surface area (Å²) in [6.07, 6.45) is 6.18. The maximum atomic E-state index is 6.22. The molecule has 2 aliphatic rings. The van der Waals surface area contributed by atoms with Crippen LogP contribution in [0.15, 0.2) is 0 Å². The van der Waals surface area contributed by atoms with Gasteiger partial charge in [-0.1, -0.05) is 0 Å². The van der Waals surface area contributed by atoms with Gasteiger partial charge in [0.15, 0.2) is 0 Å². The van der Waals surface area contributed by atoms with Crippen LogP contribution in [0.1, 0.15) is 39.0 Å². The molecule has 0 aromatic rings. The Balaban J connectivity index is 1.92. The summed E-state index contributed by atoms with van der Waals surface area (Å²) < 4.78 is 11.2. The Hall–Kier alpha value is -0.120. The Morgan fingerprint density at radius 3 is 2.73 bits per heavy atom. The molecule has 3 nitrogen and oxygen atoms in total. The van der Waals surface area contributed by atoms with Gasteiger partial charge >= 0.3 is 0 Å². The molecule has 1 aliphatic carbocycles. The minimum Gasteiger partial charge on any atom is -0.380 e. The van der Waals surface area contributed by atoms with Gasteiger partial charge in [-0.15, -0.1) is 0 Å². The number of methoxy groups -OCH3 is 1. The molecule has 88 valence electrons. The molecule has 15 heavy (non-hydrogen) atoms. The molecular weight excluding hydrogens is 190 g/mol. The molecule has 0 aromatic carbocycles. The summed E-state index contributed by atoms with van der Waals surface area (Å²) in [5.41, 5.74) is 6.42. The van der Waals surface area contributed by atoms with Gasteiger partial charge in [-0.05, 0) is 44.9 Å². The summed E-state index contributed by atoms with van der Waals surface area (Å²) in [5, 5.41) is 0. The minimum absolute atomic E-state index is 0.158. The van der Waals surface area contributed by atoms with E-state index in [1.165, 1.54) is 19.3 Å². The molecule has 1 saturated heterocycles. The molecule has 3 atom stereocenters. The molecule has 0 aromatic heterocycles. The largest absolute Gasteiger partial charge is 0.380 e. The quantitative estimate of drug-likeness (QED) is 0.776. The van der Waals surface area contributed by atoms with Gasteiger partial charge in [-0.2, -0.15) is 0 Å². The number of hydrogen-bond donors (Lipinski definition) is 1. The first kappa shape index (κ1) is 11.4. The Kier molecular flexibility index (Phi) is 3.33. The third-order valence-corrected chi connectivity index (χ3v) is 4.25. The van der Waals surface area contributed by atoms with Crippen LogP contribution < -0.4 is 5.73 Å². The first-order valence-corrected chi connectivity index (χ1v) is 6.09. The second kappa shape index (κ2) is 4.40. The van der Waals surface area contributed by atoms with Crippen molar-refractivity contribution in [3.63, 3.8) is 0 Å². The predicted molar refractivity (Wildman–Crippen MR) is 59.7 cm³/mol. The molecule has 2 N–H and O–H groups in total. The average molecular weight is 213 g/mol. The summed E-state index contributed by atoms with van der Waals surface area (Å²) >= 11 is 0. The van der Waals surface area contributed by atoms with Crippen molar-refractivity contribution in [3.05, 3.63) is 0 Å². The number of rotatable bonds is 3. The van der Waals surface area contributed by atoms with Crippen LogP contribution in [0.25, 0.3) is 0 Å². The fraction of sp³-hybridized carbons (Fsp3) is 1.00. The van der Waals surface area contributed by atoms with Crippen molar-refractivity contribution >= 4 is 0 Å². The molecule has 3 heteroatoms. The first-order valence-electron chi connectivity index (χ1n) is 6.09. The van der Waals surface area contributed by atoms with Crippen molar-refractivity contribution in [3.8, 4) is 0 Å². The highest BCUT2D eigenvalue weighted by molar-refractivity contribution is 4.96. The van der Waals surface area contributed by atoms with E-state index in [9.17, 15) is 0 Å². The van der Waals surface area contributed by atoms with Crippen LogP contribution in [0.5, 0.6) is 0 Å². The zero-order valence-electron chi connectivity index (χ0n) is 9.87. The highest BCUT2D eigenvalue weighted by Crippen LogP contribution is 2.45. The van der Waals surface area contributed by atoms with Gasteiger partial charge in [-0.25, -0.2) is 0 Å². The molecule has 2 fully saturated rings. The van der Waals surface area contributed by atoms with Gasteiger partial charge in [0.25, 0.3) is 0 Å². The summed E-state index contributed by atoms with van der Waals surface area (Å²) in [4.78, 5) is 0. The number of ether oxygens (including phenoxy) is 2. The molecule has 2 rings (SSSR count). The summed E-state index contributed by atoms with van der Waals surface area (Å²) in [7, 11) is 1.74. The monoisotopic (exact) mass is 213 g/mol. The molecule has 1 heterocycles. The van der Waals surface area contributed by atoms with Crippen LogP contribution in [-0.2, 0) is 9.47 Å². The van der Waals surface area contributed by atoms with E-state index in [2.05, 4.69) is 6.92 Å². The second-order valence-corrected chi connectivity index (χ2v) is 5.16. The first-order chi connectivity index (χ1) is 7.17. The lowest BCUT2D eigenvalue weighted by Crippen LogP contribution is -2.51. The van der Waals surface area contributed by atoms with E-state index >= 15 is 0 Å². The van der Waals surface area contributed by atoms with E-state index < -0.39 is 0 Å². The van der Waals surface area contributed by atoms with Crippen LogP contribution in [-0.4, -0.2) is 31.5 Å². The molecule has 0 radical (unpaired) electrons. The average Bonchev–Trinajstić information content (AvgIpc) is 2.25. The van der Waals surface area contributed by atoms with Gasteiger partial charge in [0.2, 0.25) is 0 Å². The summed E-state index contributed by atoms with van der Waals surface area (Å²) in [5.74, 6) is 0.578. The topological polar surface area (TPSA) is 44.5 Å². The van der Waals surface area contributed by atoms with Crippen LogP contribution >= 0.6 is 0 Å². The highest BCUT2D eigenvalue weighted by Gasteiger charge is 2.44. The molecule has 1 aliphatic heterocycles. The van der Waals surface area contributed by atoms with Crippen LogP contribution in [0.4, 0.5) is 0 Å². The number of nitrogens with two attached hydrogens (primary N) is 1. The van der Waals surface area contributed by atoms with Crippen LogP contribution in [0.3, 0.4) is 0 Å². The van der Waals surface area contributed by atoms with E-state index in [-0.39, 0.29) is 17.7 Å². The number of hydrogen-bond acceptors (Lipinski definition) is 3. The van der Waals surface area contributed by atoms with Crippen molar-refractivity contribution < 1.29 is 9.47 Å². The SMILES string of the molecule is COC(C)C(N)C1CCOC2(CCC2)C1. The molecular formula is C12H23NO2. The van der Waals surface area contributed by atoms with Crippen LogP contribution in [0, 0.1) is 5.92 Å². The summed E-state index contributed by atoms with van der Waals surface area (Å²) in [6, 6.07) is 0.163. The normalized spacial score (nSPS) is 33.4. The highest BCUT2D eigenvalue weighted by atomic mass is 16.5. The third kappa shape index (κ3) is 2.19. The fourth-order valence-electron chi connectivity index (χ4n) is 2.85. The molecule has 3 unspecified atom stereocenters. The molecule has 0 amide bonds. The van der Waals surface area contributed by atoms with Crippen molar-refractivity contribution in [2.24, 2.45) is 11.7 Å². The molecule has 1 spiro atoms. The second-order valence-electron chi connectivity index (χ2n) is 5.16. The standard InChI is InChI=1S/C12H23NO2/c1-9(14-2)11(13)10-4-7-15-12(8-10)5-3-6-12/h9-11H,3-8,13H2,1-2H3. The van der Waals surface area contributed by atoms with E-state index in [4.69, 9.17) is 15.2 Å². The van der Waals surface area contributed by atoms with Gasteiger partial charge < -0.3 is 15.2 Å². The fourth-order valence-corrected chi connectivity index (χ4v) is 2.85. The Morgan fingerprint density at radius 1 is 1.47 bits per heavy atom. The van der Waals surface area contributed by atoms with E-state index in [1.54, 1.807) is 7.11 Å². The van der Waals surface area contributed by atoms with Gasteiger partial charge in [0.05, 0.1) is 11.7 Å².